The molecular weight excluding hydrogens is 354 g/mol. The molecule has 0 fully saturated rings. The maximum Gasteiger partial charge on any atom is 0.253 e. The first-order valence-electron chi connectivity index (χ1n) is 9.09. The summed E-state index contributed by atoms with van der Waals surface area (Å²) < 4.78 is 3.66. The summed E-state index contributed by atoms with van der Waals surface area (Å²) in [5.41, 5.74) is 9.73. The predicted octanol–water partition coefficient (Wildman–Crippen LogP) is 2.21. The van der Waals surface area contributed by atoms with Gasteiger partial charge >= 0.3 is 0 Å². The molecule has 8 heteroatoms. The lowest BCUT2D eigenvalue weighted by molar-refractivity contribution is 0.0950. The smallest absolute Gasteiger partial charge is 0.253 e. The molecular formula is C20H21N7O. The maximum atomic E-state index is 12.5. The highest BCUT2D eigenvalue weighted by Gasteiger charge is 2.12. The van der Waals surface area contributed by atoms with Crippen LogP contribution in [-0.4, -0.2) is 30.2 Å². The Kier molecular flexibility index (Phi) is 4.76. The summed E-state index contributed by atoms with van der Waals surface area (Å²) >= 11 is 0. The quantitative estimate of drug-likeness (QED) is 0.538. The zero-order chi connectivity index (χ0) is 19.5. The first-order chi connectivity index (χ1) is 13.6. The third-order valence-electron chi connectivity index (χ3n) is 4.52. The number of imidazole rings is 1. The number of anilines is 1. The van der Waals surface area contributed by atoms with Gasteiger partial charge in [-0.25, -0.2) is 9.97 Å². The molecule has 0 saturated heterocycles. The second-order valence-corrected chi connectivity index (χ2v) is 6.50. The summed E-state index contributed by atoms with van der Waals surface area (Å²) in [6.07, 6.45) is 5.23. The molecule has 3 heterocycles. The molecule has 1 amide bonds. The lowest BCUT2D eigenvalue weighted by Gasteiger charge is -2.04. The van der Waals surface area contributed by atoms with Crippen LogP contribution in [0.1, 0.15) is 28.4 Å². The highest BCUT2D eigenvalue weighted by molar-refractivity contribution is 5.96. The molecule has 4 rings (SSSR count). The van der Waals surface area contributed by atoms with E-state index >= 15 is 0 Å². The number of hydrogen-bond acceptors (Lipinski definition) is 5. The van der Waals surface area contributed by atoms with Gasteiger partial charge in [0.1, 0.15) is 5.52 Å². The summed E-state index contributed by atoms with van der Waals surface area (Å²) in [5.74, 6) is 0.184. The molecule has 4 aromatic rings. The van der Waals surface area contributed by atoms with Crippen LogP contribution in [0.4, 0.5) is 5.95 Å². The van der Waals surface area contributed by atoms with Crippen LogP contribution in [0.15, 0.2) is 55.0 Å². The Morgan fingerprint density at radius 3 is 2.79 bits per heavy atom. The van der Waals surface area contributed by atoms with Crippen LogP contribution in [0.25, 0.3) is 11.2 Å². The summed E-state index contributed by atoms with van der Waals surface area (Å²) in [5, 5.41) is 7.25. The van der Waals surface area contributed by atoms with Gasteiger partial charge in [0.25, 0.3) is 5.91 Å². The molecule has 3 aromatic heterocycles. The highest BCUT2D eigenvalue weighted by Crippen LogP contribution is 2.16. The van der Waals surface area contributed by atoms with Gasteiger partial charge in [0, 0.05) is 31.0 Å². The Morgan fingerprint density at radius 1 is 1.18 bits per heavy atom. The Bertz CT molecular complexity index is 1110. The normalized spacial score (nSPS) is 11.0. The van der Waals surface area contributed by atoms with E-state index in [4.69, 9.17) is 5.73 Å². The summed E-state index contributed by atoms with van der Waals surface area (Å²) in [4.78, 5) is 21.1. The summed E-state index contributed by atoms with van der Waals surface area (Å²) in [7, 11) is 0. The van der Waals surface area contributed by atoms with Crippen LogP contribution in [0.5, 0.6) is 0 Å². The minimum atomic E-state index is -0.213. The molecule has 0 atom stereocenters. The second kappa shape index (κ2) is 7.51. The maximum absolute atomic E-state index is 12.5. The lowest BCUT2D eigenvalue weighted by Crippen LogP contribution is -2.22. The standard InChI is InChI=1S/C20H21N7O/c1-2-27-18-17(25-20(27)21)8-16(11-22-18)19(28)23-9-15-10-24-26(13-15)12-14-6-4-3-5-7-14/h3-8,10-11,13H,2,9,12H2,1H3,(H2,21,25)(H,23,28). The van der Waals surface area contributed by atoms with Gasteiger partial charge in [-0.1, -0.05) is 30.3 Å². The van der Waals surface area contributed by atoms with Gasteiger partial charge in [-0.2, -0.15) is 5.10 Å². The topological polar surface area (TPSA) is 104 Å². The van der Waals surface area contributed by atoms with E-state index in [1.807, 2.05) is 36.0 Å². The Hall–Kier alpha value is -3.68. The number of nitrogens with two attached hydrogens (primary N) is 1. The first-order valence-corrected chi connectivity index (χ1v) is 9.09. The molecule has 0 radical (unpaired) electrons. The van der Waals surface area contributed by atoms with Gasteiger partial charge in [0.05, 0.1) is 18.3 Å². The van der Waals surface area contributed by atoms with Crippen LogP contribution < -0.4 is 11.1 Å². The van der Waals surface area contributed by atoms with Crippen LogP contribution in [0.3, 0.4) is 0 Å². The van der Waals surface area contributed by atoms with Crippen molar-refractivity contribution in [1.29, 1.82) is 0 Å². The van der Waals surface area contributed by atoms with E-state index in [2.05, 4.69) is 32.5 Å². The number of carbonyl (C=O) groups is 1. The van der Waals surface area contributed by atoms with Gasteiger partial charge < -0.3 is 11.1 Å². The number of aryl methyl sites for hydroxylation is 1. The second-order valence-electron chi connectivity index (χ2n) is 6.50. The molecule has 1 aromatic carbocycles. The van der Waals surface area contributed by atoms with Crippen LogP contribution >= 0.6 is 0 Å². The molecule has 0 aliphatic rings. The van der Waals surface area contributed by atoms with Crippen molar-refractivity contribution in [2.75, 3.05) is 5.73 Å². The van der Waals surface area contributed by atoms with E-state index < -0.39 is 0 Å². The zero-order valence-electron chi connectivity index (χ0n) is 15.5. The molecule has 8 nitrogen and oxygen atoms in total. The number of nitrogens with one attached hydrogen (secondary N) is 1. The molecule has 0 bridgehead atoms. The molecule has 28 heavy (non-hydrogen) atoms. The van der Waals surface area contributed by atoms with Crippen LogP contribution in [0, 0.1) is 0 Å². The fraction of sp³-hybridized carbons (Fsp3) is 0.200. The molecule has 0 aliphatic heterocycles. The third kappa shape index (κ3) is 3.57. The van der Waals surface area contributed by atoms with Crippen molar-refractivity contribution >= 4 is 23.0 Å². The number of nitrogens with zero attached hydrogens (tertiary/aromatic N) is 5. The number of benzene rings is 1. The number of carbonyl (C=O) groups excluding carboxylic acids is 1. The molecule has 0 aliphatic carbocycles. The average Bonchev–Trinajstić information content (AvgIpc) is 3.28. The molecule has 142 valence electrons. The largest absolute Gasteiger partial charge is 0.369 e. The van der Waals surface area contributed by atoms with Gasteiger partial charge in [-0.15, -0.1) is 0 Å². The van der Waals surface area contributed by atoms with Gasteiger partial charge in [0.2, 0.25) is 5.95 Å². The number of pyridine rings is 1. The zero-order valence-corrected chi connectivity index (χ0v) is 15.5. The molecule has 0 unspecified atom stereocenters. The minimum absolute atomic E-state index is 0.213. The van der Waals surface area contributed by atoms with Crippen molar-refractivity contribution in [2.24, 2.45) is 0 Å². The fourth-order valence-corrected chi connectivity index (χ4v) is 3.10. The number of amides is 1. The fourth-order valence-electron chi connectivity index (χ4n) is 3.10. The van der Waals surface area contributed by atoms with Gasteiger partial charge in [-0.05, 0) is 18.6 Å². The molecule has 3 N–H and O–H groups in total. The number of fused-ring (bicyclic) bond motifs is 1. The van der Waals surface area contributed by atoms with E-state index in [1.54, 1.807) is 23.0 Å². The van der Waals surface area contributed by atoms with Gasteiger partial charge in [0.15, 0.2) is 5.65 Å². The minimum Gasteiger partial charge on any atom is -0.369 e. The molecule has 0 spiro atoms. The monoisotopic (exact) mass is 375 g/mol. The van der Waals surface area contributed by atoms with Crippen molar-refractivity contribution in [3.8, 4) is 0 Å². The Morgan fingerprint density at radius 2 is 2.00 bits per heavy atom. The molecule has 0 saturated carbocycles. The number of rotatable bonds is 6. The lowest BCUT2D eigenvalue weighted by atomic mass is 10.2. The average molecular weight is 375 g/mol. The van der Waals surface area contributed by atoms with Crippen LogP contribution in [0.2, 0.25) is 0 Å². The van der Waals surface area contributed by atoms with Crippen molar-refractivity contribution in [3.63, 3.8) is 0 Å². The summed E-state index contributed by atoms with van der Waals surface area (Å²) in [6.45, 7) is 3.72. The Labute approximate surface area is 162 Å². The van der Waals surface area contributed by atoms with E-state index in [-0.39, 0.29) is 5.91 Å². The highest BCUT2D eigenvalue weighted by atomic mass is 16.1. The number of nitrogen functional groups attached to an aromatic ring is 1. The van der Waals surface area contributed by atoms with Crippen LogP contribution in [-0.2, 0) is 19.6 Å². The number of aromatic nitrogens is 5. The van der Waals surface area contributed by atoms with Crippen molar-refractivity contribution in [1.82, 2.24) is 29.6 Å². The van der Waals surface area contributed by atoms with Crippen molar-refractivity contribution < 1.29 is 4.79 Å². The first kappa shape index (κ1) is 17.7. The van der Waals surface area contributed by atoms with Crippen molar-refractivity contribution in [2.45, 2.75) is 26.6 Å². The predicted molar refractivity (Wildman–Crippen MR) is 107 cm³/mol. The number of hydrogen-bond donors (Lipinski definition) is 2. The summed E-state index contributed by atoms with van der Waals surface area (Å²) in [6, 6.07) is 11.8. The Balaban J connectivity index is 1.41. The van der Waals surface area contributed by atoms with E-state index in [0.717, 1.165) is 5.56 Å². The van der Waals surface area contributed by atoms with E-state index in [1.165, 1.54) is 5.56 Å². The van der Waals surface area contributed by atoms with E-state index in [0.29, 0.717) is 42.3 Å². The third-order valence-corrected chi connectivity index (χ3v) is 4.52. The van der Waals surface area contributed by atoms with Gasteiger partial charge in [-0.3, -0.25) is 14.0 Å². The van der Waals surface area contributed by atoms with E-state index in [9.17, 15) is 4.79 Å². The SMILES string of the molecule is CCn1c(N)nc2cc(C(=O)NCc3cnn(Cc4ccccc4)c3)cnc21. The van der Waals surface area contributed by atoms with Crippen molar-refractivity contribution in [3.05, 3.63) is 71.7 Å².